The van der Waals surface area contributed by atoms with Crippen LogP contribution in [0.5, 0.6) is 11.5 Å². The second-order valence-corrected chi connectivity index (χ2v) is 4.77. The molecule has 2 aromatic rings. The number of hydrogen-bond donors (Lipinski definition) is 1. The number of aliphatic hydroxyl groups is 1. The smallest absolute Gasteiger partial charge is 0.161 e. The zero-order chi connectivity index (χ0) is 12.8. The van der Waals surface area contributed by atoms with E-state index in [4.69, 9.17) is 14.6 Å². The monoisotopic (exact) mass is 264 g/mol. The Kier molecular flexibility index (Phi) is 4.61. The first-order valence-electron chi connectivity index (χ1n) is 5.85. The third kappa shape index (κ3) is 3.24. The molecule has 4 heteroatoms. The molecule has 1 N–H and O–H groups in total. The van der Waals surface area contributed by atoms with Gasteiger partial charge < -0.3 is 14.6 Å². The van der Waals surface area contributed by atoms with Crippen molar-refractivity contribution in [2.24, 2.45) is 0 Å². The van der Waals surface area contributed by atoms with E-state index in [1.807, 2.05) is 42.6 Å². The van der Waals surface area contributed by atoms with Crippen LogP contribution in [0, 0.1) is 0 Å². The summed E-state index contributed by atoms with van der Waals surface area (Å²) >= 11 is 1.66. The molecule has 0 unspecified atom stereocenters. The maximum Gasteiger partial charge on any atom is 0.161 e. The summed E-state index contributed by atoms with van der Waals surface area (Å²) < 4.78 is 11.3. The Labute approximate surface area is 111 Å². The van der Waals surface area contributed by atoms with Crippen molar-refractivity contribution >= 4 is 11.3 Å². The Morgan fingerprint density at radius 2 is 2.06 bits per heavy atom. The molecule has 2 rings (SSSR count). The van der Waals surface area contributed by atoms with E-state index in [2.05, 4.69) is 0 Å². The van der Waals surface area contributed by atoms with Crippen LogP contribution in [0.4, 0.5) is 0 Å². The van der Waals surface area contributed by atoms with Crippen LogP contribution in [0.25, 0.3) is 0 Å². The topological polar surface area (TPSA) is 38.7 Å². The Morgan fingerprint density at radius 1 is 1.17 bits per heavy atom. The van der Waals surface area contributed by atoms with Crippen LogP contribution < -0.4 is 9.47 Å². The van der Waals surface area contributed by atoms with E-state index in [1.54, 1.807) is 11.3 Å². The second kappa shape index (κ2) is 6.42. The largest absolute Gasteiger partial charge is 0.490 e. The SMILES string of the molecule is CCOc1cc(CO)ccc1OCc1cccs1. The lowest BCUT2D eigenvalue weighted by Crippen LogP contribution is -1.99. The highest BCUT2D eigenvalue weighted by Gasteiger charge is 2.06. The minimum atomic E-state index is 0.00524. The predicted octanol–water partition coefficient (Wildman–Crippen LogP) is 3.22. The van der Waals surface area contributed by atoms with Gasteiger partial charge in [0.2, 0.25) is 0 Å². The zero-order valence-electron chi connectivity index (χ0n) is 10.3. The molecule has 3 nitrogen and oxygen atoms in total. The van der Waals surface area contributed by atoms with Crippen molar-refractivity contribution in [2.75, 3.05) is 6.61 Å². The van der Waals surface area contributed by atoms with Gasteiger partial charge in [0.05, 0.1) is 13.2 Å². The average molecular weight is 264 g/mol. The molecule has 1 heterocycles. The molecule has 96 valence electrons. The summed E-state index contributed by atoms with van der Waals surface area (Å²) in [6.45, 7) is 3.04. The second-order valence-electron chi connectivity index (χ2n) is 3.74. The molecule has 0 aliphatic heterocycles. The average Bonchev–Trinajstić information content (AvgIpc) is 2.90. The van der Waals surface area contributed by atoms with E-state index in [0.717, 1.165) is 5.56 Å². The zero-order valence-corrected chi connectivity index (χ0v) is 11.1. The van der Waals surface area contributed by atoms with E-state index < -0.39 is 0 Å². The quantitative estimate of drug-likeness (QED) is 0.870. The van der Waals surface area contributed by atoms with Gasteiger partial charge in [0.15, 0.2) is 11.5 Å². The molecule has 0 saturated carbocycles. The molecule has 1 aromatic carbocycles. The van der Waals surface area contributed by atoms with E-state index in [-0.39, 0.29) is 6.61 Å². The van der Waals surface area contributed by atoms with E-state index >= 15 is 0 Å². The van der Waals surface area contributed by atoms with Crippen LogP contribution in [-0.2, 0) is 13.2 Å². The van der Waals surface area contributed by atoms with Crippen molar-refractivity contribution in [3.8, 4) is 11.5 Å². The highest BCUT2D eigenvalue weighted by Crippen LogP contribution is 2.29. The maximum atomic E-state index is 9.11. The molecule has 0 saturated heterocycles. The Bertz CT molecular complexity index is 480. The highest BCUT2D eigenvalue weighted by molar-refractivity contribution is 7.09. The van der Waals surface area contributed by atoms with Gasteiger partial charge >= 0.3 is 0 Å². The summed E-state index contributed by atoms with van der Waals surface area (Å²) in [5.74, 6) is 1.39. The molecule has 0 fully saturated rings. The van der Waals surface area contributed by atoms with Gasteiger partial charge in [0, 0.05) is 4.88 Å². The standard InChI is InChI=1S/C14H16O3S/c1-2-16-14-8-11(9-15)5-6-13(14)17-10-12-4-3-7-18-12/h3-8,15H,2,9-10H2,1H3. The summed E-state index contributed by atoms with van der Waals surface area (Å²) in [5.41, 5.74) is 0.821. The first-order valence-corrected chi connectivity index (χ1v) is 6.73. The lowest BCUT2D eigenvalue weighted by Gasteiger charge is -2.12. The van der Waals surface area contributed by atoms with E-state index in [1.165, 1.54) is 4.88 Å². The lowest BCUT2D eigenvalue weighted by atomic mass is 10.2. The third-order valence-electron chi connectivity index (χ3n) is 2.44. The van der Waals surface area contributed by atoms with Crippen LogP contribution in [0.2, 0.25) is 0 Å². The number of rotatable bonds is 6. The maximum absolute atomic E-state index is 9.11. The molecule has 0 aliphatic rings. The van der Waals surface area contributed by atoms with Crippen LogP contribution in [0.1, 0.15) is 17.4 Å². The summed E-state index contributed by atoms with van der Waals surface area (Å²) in [4.78, 5) is 1.17. The van der Waals surface area contributed by atoms with Gasteiger partial charge in [-0.3, -0.25) is 0 Å². The summed E-state index contributed by atoms with van der Waals surface area (Å²) in [6.07, 6.45) is 0. The Morgan fingerprint density at radius 3 is 2.72 bits per heavy atom. The Balaban J connectivity index is 2.10. The predicted molar refractivity (Wildman–Crippen MR) is 72.2 cm³/mol. The number of aliphatic hydroxyl groups excluding tert-OH is 1. The van der Waals surface area contributed by atoms with Crippen LogP contribution in [-0.4, -0.2) is 11.7 Å². The number of ether oxygens (including phenoxy) is 2. The third-order valence-corrected chi connectivity index (χ3v) is 3.29. The molecule has 0 aliphatic carbocycles. The van der Waals surface area contributed by atoms with Gasteiger partial charge in [-0.15, -0.1) is 11.3 Å². The fraction of sp³-hybridized carbons (Fsp3) is 0.286. The first kappa shape index (κ1) is 12.9. The van der Waals surface area contributed by atoms with Gasteiger partial charge in [-0.05, 0) is 36.1 Å². The fourth-order valence-electron chi connectivity index (χ4n) is 1.58. The fourth-order valence-corrected chi connectivity index (χ4v) is 2.20. The summed E-state index contributed by atoms with van der Waals surface area (Å²) in [7, 11) is 0. The molecule has 0 radical (unpaired) electrons. The Hall–Kier alpha value is -1.52. The number of hydrogen-bond acceptors (Lipinski definition) is 4. The van der Waals surface area contributed by atoms with Crippen molar-refractivity contribution in [2.45, 2.75) is 20.1 Å². The normalized spacial score (nSPS) is 10.3. The first-order chi connectivity index (χ1) is 8.83. The minimum Gasteiger partial charge on any atom is -0.490 e. The number of thiophene rings is 1. The van der Waals surface area contributed by atoms with Gasteiger partial charge in [0.1, 0.15) is 6.61 Å². The van der Waals surface area contributed by atoms with Crippen molar-refractivity contribution in [1.82, 2.24) is 0 Å². The molecular formula is C14H16O3S. The number of benzene rings is 1. The minimum absolute atomic E-state index is 0.00524. The molecule has 0 bridgehead atoms. The van der Waals surface area contributed by atoms with E-state index in [9.17, 15) is 0 Å². The van der Waals surface area contributed by atoms with Crippen LogP contribution in [0.15, 0.2) is 35.7 Å². The van der Waals surface area contributed by atoms with Crippen molar-refractivity contribution in [1.29, 1.82) is 0 Å². The van der Waals surface area contributed by atoms with Crippen LogP contribution >= 0.6 is 11.3 Å². The van der Waals surface area contributed by atoms with Crippen molar-refractivity contribution in [3.63, 3.8) is 0 Å². The van der Waals surface area contributed by atoms with Crippen molar-refractivity contribution < 1.29 is 14.6 Å². The molecule has 0 atom stereocenters. The van der Waals surface area contributed by atoms with Gasteiger partial charge in [0.25, 0.3) is 0 Å². The van der Waals surface area contributed by atoms with E-state index in [0.29, 0.717) is 24.7 Å². The molecular weight excluding hydrogens is 248 g/mol. The van der Waals surface area contributed by atoms with Gasteiger partial charge in [-0.1, -0.05) is 12.1 Å². The summed E-state index contributed by atoms with van der Waals surface area (Å²) in [6, 6.07) is 9.53. The molecule has 0 spiro atoms. The van der Waals surface area contributed by atoms with Gasteiger partial charge in [-0.2, -0.15) is 0 Å². The highest BCUT2D eigenvalue weighted by atomic mass is 32.1. The molecule has 1 aromatic heterocycles. The summed E-state index contributed by atoms with van der Waals surface area (Å²) in [5, 5.41) is 11.1. The molecule has 0 amide bonds. The van der Waals surface area contributed by atoms with Gasteiger partial charge in [-0.25, -0.2) is 0 Å². The van der Waals surface area contributed by atoms with Crippen LogP contribution in [0.3, 0.4) is 0 Å². The molecule has 18 heavy (non-hydrogen) atoms. The van der Waals surface area contributed by atoms with Crippen molar-refractivity contribution in [3.05, 3.63) is 46.2 Å². The lowest BCUT2D eigenvalue weighted by molar-refractivity contribution is 0.265.